The zero-order chi connectivity index (χ0) is 16.6. The molecular weight excluding hydrogens is 274 g/mol. The van der Waals surface area contributed by atoms with Crippen molar-refractivity contribution >= 4 is 5.91 Å². The molecule has 2 rings (SSSR count). The van der Waals surface area contributed by atoms with Gasteiger partial charge in [0.25, 0.3) is 0 Å². The van der Waals surface area contributed by atoms with Crippen LogP contribution in [-0.4, -0.2) is 46.6 Å². The molecule has 1 atom stereocenters. The summed E-state index contributed by atoms with van der Waals surface area (Å²) in [5.41, 5.74) is -0.299. The van der Waals surface area contributed by atoms with Gasteiger partial charge in [-0.1, -0.05) is 19.3 Å². The topological polar surface area (TPSA) is 44.4 Å². The number of carbonyl (C=O) groups is 1. The van der Waals surface area contributed by atoms with E-state index in [0.29, 0.717) is 5.91 Å². The van der Waals surface area contributed by atoms with E-state index < -0.39 is 0 Å². The van der Waals surface area contributed by atoms with Crippen LogP contribution in [0.5, 0.6) is 0 Å². The fourth-order valence-electron chi connectivity index (χ4n) is 3.86. The lowest BCUT2D eigenvalue weighted by Crippen LogP contribution is -2.76. The highest BCUT2D eigenvalue weighted by Gasteiger charge is 2.51. The molecule has 22 heavy (non-hydrogen) atoms. The third-order valence-electron chi connectivity index (χ3n) is 5.07. The summed E-state index contributed by atoms with van der Waals surface area (Å²) >= 11 is 0. The summed E-state index contributed by atoms with van der Waals surface area (Å²) in [6.45, 7) is 14.8. The molecule has 1 aliphatic heterocycles. The zero-order valence-electron chi connectivity index (χ0n) is 15.4. The molecule has 2 fully saturated rings. The quantitative estimate of drug-likeness (QED) is 0.842. The molecule has 1 amide bonds. The molecule has 4 nitrogen and oxygen atoms in total. The van der Waals surface area contributed by atoms with E-state index in [9.17, 15) is 4.79 Å². The van der Waals surface area contributed by atoms with Gasteiger partial charge < -0.3 is 10.2 Å². The molecule has 128 valence electrons. The maximum atomic E-state index is 13.1. The Kier molecular flexibility index (Phi) is 4.94. The van der Waals surface area contributed by atoms with Crippen molar-refractivity contribution in [2.45, 2.75) is 96.3 Å². The Hall–Kier alpha value is -0.610. The molecule has 0 aromatic rings. The van der Waals surface area contributed by atoms with Gasteiger partial charge in [0.1, 0.15) is 0 Å². The lowest BCUT2D eigenvalue weighted by atomic mass is 9.75. The Morgan fingerprint density at radius 1 is 1.23 bits per heavy atom. The Bertz CT molecular complexity index is 407. The normalized spacial score (nSPS) is 29.4. The second kappa shape index (κ2) is 6.12. The van der Waals surface area contributed by atoms with Crippen LogP contribution < -0.4 is 10.6 Å². The molecule has 0 radical (unpaired) electrons. The molecule has 0 aromatic carbocycles. The van der Waals surface area contributed by atoms with E-state index in [-0.39, 0.29) is 22.7 Å². The molecule has 1 saturated carbocycles. The Labute approximate surface area is 136 Å². The van der Waals surface area contributed by atoms with Crippen molar-refractivity contribution in [3.63, 3.8) is 0 Å². The maximum absolute atomic E-state index is 13.1. The monoisotopic (exact) mass is 309 g/mol. The third kappa shape index (κ3) is 3.83. The van der Waals surface area contributed by atoms with Crippen LogP contribution in [0.2, 0.25) is 0 Å². The Morgan fingerprint density at radius 3 is 2.32 bits per heavy atom. The number of piperazine rings is 1. The van der Waals surface area contributed by atoms with Gasteiger partial charge in [0.15, 0.2) is 0 Å². The third-order valence-corrected chi connectivity index (χ3v) is 5.07. The van der Waals surface area contributed by atoms with Gasteiger partial charge in [-0.05, 0) is 54.4 Å². The number of hydrogen-bond acceptors (Lipinski definition) is 3. The van der Waals surface area contributed by atoms with Crippen molar-refractivity contribution in [2.75, 3.05) is 13.1 Å². The Morgan fingerprint density at radius 2 is 1.82 bits per heavy atom. The lowest BCUT2D eigenvalue weighted by Gasteiger charge is -2.54. The first-order chi connectivity index (χ1) is 10.1. The first kappa shape index (κ1) is 17.7. The van der Waals surface area contributed by atoms with Crippen LogP contribution in [0.25, 0.3) is 0 Å². The van der Waals surface area contributed by atoms with Crippen LogP contribution in [0.1, 0.15) is 73.6 Å². The molecule has 1 heterocycles. The molecule has 1 unspecified atom stereocenters. The summed E-state index contributed by atoms with van der Waals surface area (Å²) in [5.74, 6) is 0.329. The van der Waals surface area contributed by atoms with Gasteiger partial charge in [-0.15, -0.1) is 0 Å². The van der Waals surface area contributed by atoms with Gasteiger partial charge in [-0.2, -0.15) is 0 Å². The molecular formula is C18H35N3O. The van der Waals surface area contributed by atoms with Gasteiger partial charge in [0.2, 0.25) is 5.91 Å². The van der Waals surface area contributed by atoms with E-state index in [0.717, 1.165) is 38.8 Å². The highest BCUT2D eigenvalue weighted by molar-refractivity contribution is 5.88. The van der Waals surface area contributed by atoms with Crippen LogP contribution in [0.3, 0.4) is 0 Å². The van der Waals surface area contributed by atoms with Gasteiger partial charge >= 0.3 is 0 Å². The van der Waals surface area contributed by atoms with Crippen LogP contribution in [0.4, 0.5) is 0 Å². The average molecular weight is 309 g/mol. The number of nitrogens with one attached hydrogen (secondary N) is 2. The highest BCUT2D eigenvalue weighted by Crippen LogP contribution is 2.36. The molecule has 1 spiro atoms. The second-order valence-corrected chi connectivity index (χ2v) is 8.96. The van der Waals surface area contributed by atoms with Crippen molar-refractivity contribution in [3.8, 4) is 0 Å². The first-order valence-corrected chi connectivity index (χ1v) is 8.92. The fraction of sp³-hybridized carbons (Fsp3) is 0.944. The van der Waals surface area contributed by atoms with Crippen molar-refractivity contribution in [3.05, 3.63) is 0 Å². The van der Waals surface area contributed by atoms with Crippen molar-refractivity contribution in [2.24, 2.45) is 0 Å². The van der Waals surface area contributed by atoms with Gasteiger partial charge in [0.05, 0.1) is 5.54 Å². The van der Waals surface area contributed by atoms with Gasteiger partial charge in [-0.25, -0.2) is 0 Å². The van der Waals surface area contributed by atoms with Crippen LogP contribution >= 0.6 is 0 Å². The van der Waals surface area contributed by atoms with Crippen molar-refractivity contribution in [1.82, 2.24) is 15.5 Å². The van der Waals surface area contributed by atoms with E-state index in [2.05, 4.69) is 57.1 Å². The summed E-state index contributed by atoms with van der Waals surface area (Å²) in [6.07, 6.45) is 5.55. The lowest BCUT2D eigenvalue weighted by molar-refractivity contribution is -0.150. The molecule has 1 saturated heterocycles. The van der Waals surface area contributed by atoms with E-state index in [1.807, 2.05) is 0 Å². The predicted octanol–water partition coefficient (Wildman–Crippen LogP) is 2.68. The number of carbonyl (C=O) groups excluding carboxylic acids is 1. The average Bonchev–Trinajstić information content (AvgIpc) is 2.41. The number of amides is 1. The highest BCUT2D eigenvalue weighted by atomic mass is 16.2. The first-order valence-electron chi connectivity index (χ1n) is 8.92. The minimum Gasteiger partial charge on any atom is -0.337 e. The maximum Gasteiger partial charge on any atom is 0.243 e. The van der Waals surface area contributed by atoms with Gasteiger partial charge in [-0.3, -0.25) is 10.1 Å². The number of rotatable bonds is 3. The predicted molar refractivity (Wildman–Crippen MR) is 92.0 cm³/mol. The number of nitrogens with zero attached hydrogens (tertiary/aromatic N) is 1. The van der Waals surface area contributed by atoms with Crippen molar-refractivity contribution in [1.29, 1.82) is 0 Å². The Balaban J connectivity index is 2.22. The zero-order valence-corrected chi connectivity index (χ0v) is 15.4. The second-order valence-electron chi connectivity index (χ2n) is 8.96. The standard InChI is InChI=1S/C18H35N3O/c1-14(2)21-13-17(6,12-19-16(3,4)5)20-18(15(21)22)10-8-7-9-11-18/h14,19-20H,7-13H2,1-6H3. The molecule has 2 aliphatic rings. The minimum absolute atomic E-state index is 0.0667. The molecule has 1 aliphatic carbocycles. The molecule has 4 heteroatoms. The van der Waals surface area contributed by atoms with E-state index in [4.69, 9.17) is 0 Å². The summed E-state index contributed by atoms with van der Waals surface area (Å²) in [4.78, 5) is 15.2. The van der Waals surface area contributed by atoms with E-state index in [1.165, 1.54) is 6.42 Å². The summed E-state index contributed by atoms with van der Waals surface area (Å²) in [7, 11) is 0. The summed E-state index contributed by atoms with van der Waals surface area (Å²) in [5, 5.41) is 7.43. The van der Waals surface area contributed by atoms with Crippen LogP contribution in [0.15, 0.2) is 0 Å². The van der Waals surface area contributed by atoms with Crippen molar-refractivity contribution < 1.29 is 4.79 Å². The fourth-order valence-corrected chi connectivity index (χ4v) is 3.86. The smallest absolute Gasteiger partial charge is 0.243 e. The molecule has 0 aromatic heterocycles. The summed E-state index contributed by atoms with van der Waals surface area (Å²) < 4.78 is 0. The van der Waals surface area contributed by atoms with E-state index >= 15 is 0 Å². The SMILES string of the molecule is CC(C)N1CC(C)(CNC(C)(C)C)NC2(CCCCC2)C1=O. The molecule has 2 N–H and O–H groups in total. The van der Waals surface area contributed by atoms with E-state index in [1.54, 1.807) is 0 Å². The van der Waals surface area contributed by atoms with Crippen LogP contribution in [-0.2, 0) is 4.79 Å². The minimum atomic E-state index is -0.324. The van der Waals surface area contributed by atoms with Crippen LogP contribution in [0, 0.1) is 0 Å². The van der Waals surface area contributed by atoms with Gasteiger partial charge in [0, 0.05) is 30.2 Å². The summed E-state index contributed by atoms with van der Waals surface area (Å²) in [6, 6.07) is 0.266. The molecule has 0 bridgehead atoms. The largest absolute Gasteiger partial charge is 0.337 e. The number of hydrogen-bond donors (Lipinski definition) is 2.